The van der Waals surface area contributed by atoms with Crippen LogP contribution in [0.1, 0.15) is 27.9 Å². The van der Waals surface area contributed by atoms with E-state index in [4.69, 9.17) is 4.99 Å². The summed E-state index contributed by atoms with van der Waals surface area (Å²) >= 11 is 1.64. The number of aromatic nitrogens is 1. The van der Waals surface area contributed by atoms with Gasteiger partial charge < -0.3 is 0 Å². The van der Waals surface area contributed by atoms with Gasteiger partial charge in [-0.05, 0) is 43.9 Å². The molecule has 0 unspecified atom stereocenters. The molecule has 3 nitrogen and oxygen atoms in total. The molecule has 0 saturated heterocycles. The predicted octanol–water partition coefficient (Wildman–Crippen LogP) is 4.50. The van der Waals surface area contributed by atoms with Crippen molar-refractivity contribution in [2.75, 3.05) is 6.54 Å². The summed E-state index contributed by atoms with van der Waals surface area (Å²) in [6, 6.07) is 16.9. The minimum absolute atomic E-state index is 0.767. The third kappa shape index (κ3) is 4.54. The van der Waals surface area contributed by atoms with E-state index in [2.05, 4.69) is 73.7 Å². The van der Waals surface area contributed by atoms with Gasteiger partial charge in [-0.1, -0.05) is 54.1 Å². The van der Waals surface area contributed by atoms with E-state index >= 15 is 0 Å². The van der Waals surface area contributed by atoms with Crippen LogP contribution in [-0.4, -0.2) is 17.4 Å². The normalized spacial score (nSPS) is 12.2. The molecule has 2 aromatic carbocycles. The molecule has 1 heterocycles. The fourth-order valence-corrected chi connectivity index (χ4v) is 3.48. The topological polar surface area (TPSA) is 29.6 Å². The van der Waals surface area contributed by atoms with Gasteiger partial charge in [0.05, 0.1) is 11.9 Å². The summed E-state index contributed by atoms with van der Waals surface area (Å²) in [4.78, 5) is 5.68. The van der Waals surface area contributed by atoms with Gasteiger partial charge >= 0.3 is 0 Å². The first kappa shape index (κ1) is 17.4. The molecule has 25 heavy (non-hydrogen) atoms. The lowest BCUT2D eigenvalue weighted by atomic mass is 10.1. The maximum atomic E-state index is 4.74. The van der Waals surface area contributed by atoms with Crippen LogP contribution in [0.2, 0.25) is 0 Å². The van der Waals surface area contributed by atoms with Crippen molar-refractivity contribution < 1.29 is 0 Å². The molecule has 0 aliphatic heterocycles. The van der Waals surface area contributed by atoms with Gasteiger partial charge in [-0.25, -0.2) is 4.68 Å². The van der Waals surface area contributed by atoms with Gasteiger partial charge in [-0.3, -0.25) is 4.99 Å². The number of benzene rings is 2. The molecule has 0 spiro atoms. The minimum Gasteiger partial charge on any atom is -0.257 e. The van der Waals surface area contributed by atoms with Crippen molar-refractivity contribution in [1.29, 1.82) is 0 Å². The highest BCUT2D eigenvalue weighted by Gasteiger charge is 2.00. The zero-order chi connectivity index (χ0) is 17.6. The Morgan fingerprint density at radius 2 is 1.84 bits per heavy atom. The van der Waals surface area contributed by atoms with Crippen LogP contribution in [0, 0.1) is 20.8 Å². The number of hydrogen-bond acceptors (Lipinski definition) is 3. The van der Waals surface area contributed by atoms with E-state index in [9.17, 15) is 0 Å². The van der Waals surface area contributed by atoms with Crippen molar-refractivity contribution >= 4 is 17.6 Å². The summed E-state index contributed by atoms with van der Waals surface area (Å²) in [7, 11) is 0. The van der Waals surface area contributed by atoms with Crippen LogP contribution in [0.3, 0.4) is 0 Å². The van der Waals surface area contributed by atoms with Crippen molar-refractivity contribution in [3.8, 4) is 0 Å². The van der Waals surface area contributed by atoms with Crippen LogP contribution < -0.4 is 4.80 Å². The van der Waals surface area contributed by atoms with Crippen molar-refractivity contribution in [1.82, 2.24) is 4.68 Å². The summed E-state index contributed by atoms with van der Waals surface area (Å²) in [5.41, 5.74) is 6.05. The van der Waals surface area contributed by atoms with E-state index in [1.165, 1.54) is 16.7 Å². The molecule has 4 heteroatoms. The molecule has 0 fully saturated rings. The molecule has 0 radical (unpaired) electrons. The van der Waals surface area contributed by atoms with Crippen molar-refractivity contribution in [3.05, 3.63) is 86.7 Å². The van der Waals surface area contributed by atoms with Crippen LogP contribution >= 0.6 is 11.3 Å². The average molecular weight is 350 g/mol. The summed E-state index contributed by atoms with van der Waals surface area (Å²) in [6.45, 7) is 7.05. The van der Waals surface area contributed by atoms with Gasteiger partial charge in [0.2, 0.25) is 4.80 Å². The Hall–Kier alpha value is -2.46. The van der Waals surface area contributed by atoms with Crippen LogP contribution in [0.15, 0.2) is 64.0 Å². The maximum Gasteiger partial charge on any atom is 0.205 e. The first-order valence-corrected chi connectivity index (χ1v) is 9.34. The molecule has 3 rings (SSSR count). The third-order valence-electron chi connectivity index (χ3n) is 4.08. The molecule has 0 aliphatic rings. The number of thiazole rings is 1. The Bertz CT molecular complexity index is 933. The Balaban J connectivity index is 1.79. The quantitative estimate of drug-likeness (QED) is 0.607. The summed E-state index contributed by atoms with van der Waals surface area (Å²) in [6.07, 6.45) is 2.86. The van der Waals surface area contributed by atoms with Gasteiger partial charge in [0.25, 0.3) is 0 Å². The van der Waals surface area contributed by atoms with E-state index in [1.807, 2.05) is 17.0 Å². The average Bonchev–Trinajstić information content (AvgIpc) is 2.95. The second-order valence-electron chi connectivity index (χ2n) is 6.19. The Morgan fingerprint density at radius 3 is 2.60 bits per heavy atom. The van der Waals surface area contributed by atoms with Gasteiger partial charge in [0.15, 0.2) is 0 Å². The molecule has 0 N–H and O–H groups in total. The maximum absolute atomic E-state index is 4.74. The van der Waals surface area contributed by atoms with E-state index in [0.717, 1.165) is 29.0 Å². The van der Waals surface area contributed by atoms with Crippen molar-refractivity contribution in [2.45, 2.75) is 27.2 Å². The molecule has 0 bridgehead atoms. The van der Waals surface area contributed by atoms with Crippen molar-refractivity contribution in [2.24, 2.45) is 10.1 Å². The van der Waals surface area contributed by atoms with Gasteiger partial charge in [-0.15, -0.1) is 11.3 Å². The van der Waals surface area contributed by atoms with Crippen molar-refractivity contribution in [3.63, 3.8) is 0 Å². The first-order chi connectivity index (χ1) is 12.1. The van der Waals surface area contributed by atoms with Gasteiger partial charge in [0, 0.05) is 11.9 Å². The first-order valence-electron chi connectivity index (χ1n) is 8.46. The molecule has 0 aliphatic carbocycles. The lowest BCUT2D eigenvalue weighted by molar-refractivity contribution is 0.783. The van der Waals surface area contributed by atoms with Crippen LogP contribution in [0.4, 0.5) is 0 Å². The molecular weight excluding hydrogens is 326 g/mol. The van der Waals surface area contributed by atoms with Crippen LogP contribution in [0.25, 0.3) is 0 Å². The second-order valence-corrected chi connectivity index (χ2v) is 7.03. The largest absolute Gasteiger partial charge is 0.257 e. The molecule has 128 valence electrons. The SMILES string of the molecule is Cc1ccc(C=Nn2c(C)csc2=NCCc2ccccc2)c(C)c1. The highest BCUT2D eigenvalue weighted by Crippen LogP contribution is 2.09. The van der Waals surface area contributed by atoms with Crippen LogP contribution in [0.5, 0.6) is 0 Å². The molecule has 0 amide bonds. The summed E-state index contributed by atoms with van der Waals surface area (Å²) < 4.78 is 1.93. The fourth-order valence-electron chi connectivity index (χ4n) is 2.65. The highest BCUT2D eigenvalue weighted by molar-refractivity contribution is 7.07. The van der Waals surface area contributed by atoms with Crippen LogP contribution in [-0.2, 0) is 6.42 Å². The monoisotopic (exact) mass is 349 g/mol. The standard InChI is InChI=1S/C21H23N3S/c1-16-9-10-20(17(2)13-16)14-23-24-18(3)15-25-21(24)22-12-11-19-7-5-4-6-8-19/h4-10,13-15H,11-12H2,1-3H3. The minimum atomic E-state index is 0.767. The Kier molecular flexibility index (Phi) is 5.61. The van der Waals surface area contributed by atoms with E-state index < -0.39 is 0 Å². The zero-order valence-corrected chi connectivity index (χ0v) is 15.8. The molecule has 3 aromatic rings. The summed E-state index contributed by atoms with van der Waals surface area (Å²) in [5.74, 6) is 0. The smallest absolute Gasteiger partial charge is 0.205 e. The molecule has 0 atom stereocenters. The lowest BCUT2D eigenvalue weighted by Crippen LogP contribution is -2.13. The highest BCUT2D eigenvalue weighted by atomic mass is 32.1. The number of hydrogen-bond donors (Lipinski definition) is 0. The third-order valence-corrected chi connectivity index (χ3v) is 5.05. The van der Waals surface area contributed by atoms with E-state index in [-0.39, 0.29) is 0 Å². The molecule has 0 saturated carbocycles. The Morgan fingerprint density at radius 1 is 1.04 bits per heavy atom. The molecule has 1 aromatic heterocycles. The van der Waals surface area contributed by atoms with E-state index in [1.54, 1.807) is 11.3 Å². The number of aryl methyl sites for hydroxylation is 3. The van der Waals surface area contributed by atoms with Gasteiger partial charge in [-0.2, -0.15) is 5.10 Å². The zero-order valence-electron chi connectivity index (χ0n) is 14.9. The van der Waals surface area contributed by atoms with Gasteiger partial charge in [0.1, 0.15) is 0 Å². The predicted molar refractivity (Wildman–Crippen MR) is 107 cm³/mol. The Labute approximate surface area is 153 Å². The van der Waals surface area contributed by atoms with E-state index in [0.29, 0.717) is 0 Å². The summed E-state index contributed by atoms with van der Waals surface area (Å²) in [5, 5.41) is 6.76. The second kappa shape index (κ2) is 8.08. The number of nitrogens with zero attached hydrogens (tertiary/aromatic N) is 3. The number of rotatable bonds is 5. The fraction of sp³-hybridized carbons (Fsp3) is 0.238. The molecular formula is C21H23N3S. The lowest BCUT2D eigenvalue weighted by Gasteiger charge is -2.02.